The molecule has 1 aromatic heterocycles. The molecule has 2 rings (SSSR count). The van der Waals surface area contributed by atoms with Crippen LogP contribution < -0.4 is 0 Å². The Morgan fingerprint density at radius 1 is 1.58 bits per heavy atom. The SMILES string of the molecule is Cc1cc2c(n1C)C(F)CC=C2. The maximum atomic E-state index is 13.4. The zero-order valence-electron chi connectivity index (χ0n) is 7.34. The molecule has 12 heavy (non-hydrogen) atoms. The third-order valence-electron chi connectivity index (χ3n) is 2.49. The molecule has 1 unspecified atom stereocenters. The predicted molar refractivity (Wildman–Crippen MR) is 47.7 cm³/mol. The average molecular weight is 165 g/mol. The van der Waals surface area contributed by atoms with Crippen molar-refractivity contribution < 1.29 is 4.39 Å². The highest BCUT2D eigenvalue weighted by molar-refractivity contribution is 5.57. The highest BCUT2D eigenvalue weighted by Crippen LogP contribution is 2.32. The second kappa shape index (κ2) is 2.47. The van der Waals surface area contributed by atoms with Gasteiger partial charge in [-0.2, -0.15) is 0 Å². The molecular formula is C10H12FN. The van der Waals surface area contributed by atoms with Crippen LogP contribution in [-0.4, -0.2) is 4.57 Å². The van der Waals surface area contributed by atoms with E-state index in [0.29, 0.717) is 6.42 Å². The summed E-state index contributed by atoms with van der Waals surface area (Å²) in [6.07, 6.45) is 3.60. The minimum absolute atomic E-state index is 0.518. The summed E-state index contributed by atoms with van der Waals surface area (Å²) in [5.41, 5.74) is 2.98. The minimum atomic E-state index is -0.816. The summed E-state index contributed by atoms with van der Waals surface area (Å²) in [6.45, 7) is 2.00. The maximum Gasteiger partial charge on any atom is 0.144 e. The van der Waals surface area contributed by atoms with Crippen molar-refractivity contribution >= 4 is 6.08 Å². The van der Waals surface area contributed by atoms with E-state index in [1.54, 1.807) is 0 Å². The van der Waals surface area contributed by atoms with Crippen LogP contribution in [0.5, 0.6) is 0 Å². The van der Waals surface area contributed by atoms with Crippen LogP contribution in [0.4, 0.5) is 4.39 Å². The van der Waals surface area contributed by atoms with Gasteiger partial charge < -0.3 is 4.57 Å². The van der Waals surface area contributed by atoms with Crippen LogP contribution in [0, 0.1) is 6.92 Å². The molecule has 0 radical (unpaired) electrons. The zero-order valence-corrected chi connectivity index (χ0v) is 7.34. The number of rotatable bonds is 0. The van der Waals surface area contributed by atoms with E-state index in [2.05, 4.69) is 0 Å². The molecule has 1 aliphatic rings. The zero-order chi connectivity index (χ0) is 8.72. The van der Waals surface area contributed by atoms with Gasteiger partial charge in [-0.1, -0.05) is 12.2 Å². The Balaban J connectivity index is 2.62. The lowest BCUT2D eigenvalue weighted by atomic mass is 10.0. The van der Waals surface area contributed by atoms with E-state index >= 15 is 0 Å². The number of alkyl halides is 1. The van der Waals surface area contributed by atoms with Gasteiger partial charge in [-0.05, 0) is 18.6 Å². The summed E-state index contributed by atoms with van der Waals surface area (Å²) in [6, 6.07) is 2.03. The van der Waals surface area contributed by atoms with E-state index in [-0.39, 0.29) is 0 Å². The fourth-order valence-corrected chi connectivity index (χ4v) is 1.73. The summed E-state index contributed by atoms with van der Waals surface area (Å²) in [5.74, 6) is 0. The highest BCUT2D eigenvalue weighted by Gasteiger charge is 2.20. The van der Waals surface area contributed by atoms with Crippen molar-refractivity contribution in [1.82, 2.24) is 4.57 Å². The lowest BCUT2D eigenvalue weighted by molar-refractivity contribution is 0.329. The van der Waals surface area contributed by atoms with Gasteiger partial charge in [0.05, 0.1) is 5.69 Å². The maximum absolute atomic E-state index is 13.4. The number of hydrogen-bond acceptors (Lipinski definition) is 0. The lowest BCUT2D eigenvalue weighted by Crippen LogP contribution is -2.04. The molecule has 64 valence electrons. The van der Waals surface area contributed by atoms with Crippen molar-refractivity contribution in [2.75, 3.05) is 0 Å². The normalized spacial score (nSPS) is 21.1. The molecule has 0 saturated carbocycles. The van der Waals surface area contributed by atoms with E-state index in [0.717, 1.165) is 17.0 Å². The van der Waals surface area contributed by atoms with Crippen molar-refractivity contribution in [3.63, 3.8) is 0 Å². The first-order chi connectivity index (χ1) is 5.70. The molecule has 0 amide bonds. The first-order valence-corrected chi connectivity index (χ1v) is 4.17. The Morgan fingerprint density at radius 2 is 2.33 bits per heavy atom. The molecule has 2 heteroatoms. The van der Waals surface area contributed by atoms with Gasteiger partial charge in [-0.3, -0.25) is 0 Å². The van der Waals surface area contributed by atoms with Gasteiger partial charge in [-0.25, -0.2) is 4.39 Å². The van der Waals surface area contributed by atoms with Gasteiger partial charge in [0.15, 0.2) is 0 Å². The summed E-state index contributed by atoms with van der Waals surface area (Å²) in [5, 5.41) is 0. The molecule has 0 aliphatic heterocycles. The quantitative estimate of drug-likeness (QED) is 0.557. The largest absolute Gasteiger partial charge is 0.349 e. The number of hydrogen-bond donors (Lipinski definition) is 0. The van der Waals surface area contributed by atoms with Crippen molar-refractivity contribution in [1.29, 1.82) is 0 Å². The molecule has 0 aromatic carbocycles. The van der Waals surface area contributed by atoms with Crippen molar-refractivity contribution in [2.24, 2.45) is 7.05 Å². The summed E-state index contributed by atoms with van der Waals surface area (Å²) < 4.78 is 15.3. The number of fused-ring (bicyclic) bond motifs is 1. The molecule has 0 saturated heterocycles. The minimum Gasteiger partial charge on any atom is -0.349 e. The Hall–Kier alpha value is -1.05. The van der Waals surface area contributed by atoms with E-state index in [4.69, 9.17) is 0 Å². The third-order valence-corrected chi connectivity index (χ3v) is 2.49. The topological polar surface area (TPSA) is 4.93 Å². The van der Waals surface area contributed by atoms with Gasteiger partial charge in [-0.15, -0.1) is 0 Å². The van der Waals surface area contributed by atoms with Crippen LogP contribution in [-0.2, 0) is 7.05 Å². The molecule has 1 aromatic rings. The number of aryl methyl sites for hydroxylation is 1. The monoisotopic (exact) mass is 165 g/mol. The van der Waals surface area contributed by atoms with Crippen LogP contribution in [0.2, 0.25) is 0 Å². The van der Waals surface area contributed by atoms with Crippen LogP contribution in [0.1, 0.15) is 29.5 Å². The van der Waals surface area contributed by atoms with Crippen LogP contribution in [0.3, 0.4) is 0 Å². The lowest BCUT2D eigenvalue weighted by Gasteiger charge is -2.13. The molecule has 1 heterocycles. The average Bonchev–Trinajstić information content (AvgIpc) is 2.29. The van der Waals surface area contributed by atoms with Gasteiger partial charge >= 0.3 is 0 Å². The molecule has 0 spiro atoms. The van der Waals surface area contributed by atoms with Gasteiger partial charge in [0.2, 0.25) is 0 Å². The predicted octanol–water partition coefficient (Wildman–Crippen LogP) is 2.76. The molecule has 0 N–H and O–H groups in total. The molecule has 0 fully saturated rings. The number of aromatic nitrogens is 1. The fraction of sp³-hybridized carbons (Fsp3) is 0.400. The number of allylic oxidation sites excluding steroid dienone is 1. The van der Waals surface area contributed by atoms with E-state index in [1.807, 2.05) is 36.8 Å². The highest BCUT2D eigenvalue weighted by atomic mass is 19.1. The third kappa shape index (κ3) is 0.909. The number of halogens is 1. The second-order valence-corrected chi connectivity index (χ2v) is 3.29. The van der Waals surface area contributed by atoms with Crippen LogP contribution in [0.25, 0.3) is 6.08 Å². The Bertz CT molecular complexity index is 336. The Kier molecular flexibility index (Phi) is 1.56. The first-order valence-electron chi connectivity index (χ1n) is 4.17. The molecule has 0 bridgehead atoms. The van der Waals surface area contributed by atoms with Gasteiger partial charge in [0, 0.05) is 19.2 Å². The number of nitrogens with zero attached hydrogens (tertiary/aromatic N) is 1. The summed E-state index contributed by atoms with van der Waals surface area (Å²) >= 11 is 0. The molecular weight excluding hydrogens is 153 g/mol. The first kappa shape index (κ1) is 7.59. The van der Waals surface area contributed by atoms with Gasteiger partial charge in [0.25, 0.3) is 0 Å². The van der Waals surface area contributed by atoms with Crippen LogP contribution >= 0.6 is 0 Å². The molecule has 1 aliphatic carbocycles. The summed E-state index contributed by atoms with van der Waals surface area (Å²) in [7, 11) is 1.92. The fourth-order valence-electron chi connectivity index (χ4n) is 1.73. The second-order valence-electron chi connectivity index (χ2n) is 3.29. The Morgan fingerprint density at radius 3 is 3.00 bits per heavy atom. The summed E-state index contributed by atoms with van der Waals surface area (Å²) in [4.78, 5) is 0. The Labute approximate surface area is 71.5 Å². The van der Waals surface area contributed by atoms with E-state index in [9.17, 15) is 4.39 Å². The van der Waals surface area contributed by atoms with Gasteiger partial charge in [0.1, 0.15) is 6.17 Å². The molecule has 1 nitrogen and oxygen atoms in total. The van der Waals surface area contributed by atoms with E-state index in [1.165, 1.54) is 0 Å². The molecule has 1 atom stereocenters. The standard InChI is InChI=1S/C10H12FN/c1-7-6-8-4-3-5-9(11)10(8)12(7)2/h3-4,6,9H,5H2,1-2H3. The van der Waals surface area contributed by atoms with Crippen molar-refractivity contribution in [3.05, 3.63) is 29.1 Å². The van der Waals surface area contributed by atoms with Crippen LogP contribution in [0.15, 0.2) is 12.1 Å². The smallest absolute Gasteiger partial charge is 0.144 e. The van der Waals surface area contributed by atoms with Crippen molar-refractivity contribution in [3.8, 4) is 0 Å². The van der Waals surface area contributed by atoms with Crippen molar-refractivity contribution in [2.45, 2.75) is 19.5 Å². The van der Waals surface area contributed by atoms with E-state index < -0.39 is 6.17 Å².